The molecule has 0 saturated heterocycles. The van der Waals surface area contributed by atoms with E-state index in [0.717, 1.165) is 4.48 Å². The quantitative estimate of drug-likeness (QED) is 0.0590. The van der Waals surface area contributed by atoms with E-state index in [-0.39, 0.29) is 83.1 Å². The van der Waals surface area contributed by atoms with E-state index in [9.17, 15) is 9.90 Å². The van der Waals surface area contributed by atoms with E-state index < -0.39 is 5.97 Å². The van der Waals surface area contributed by atoms with Crippen LogP contribution in [-0.4, -0.2) is 108 Å². The minimum absolute atomic E-state index is 0. The molecule has 11 heteroatoms. The fourth-order valence-corrected chi connectivity index (χ4v) is 4.19. The zero-order chi connectivity index (χ0) is 30.5. The molecule has 1 aromatic carbocycles. The number of benzene rings is 1. The molecule has 0 saturated carbocycles. The molecule has 0 aliphatic rings. The molecule has 0 amide bonds. The van der Waals surface area contributed by atoms with Crippen molar-refractivity contribution in [2.24, 2.45) is 0 Å². The van der Waals surface area contributed by atoms with Crippen molar-refractivity contribution in [3.63, 3.8) is 0 Å². The fourth-order valence-electron chi connectivity index (χ4n) is 4.19. The number of aliphatic hydroxyl groups is 3. The van der Waals surface area contributed by atoms with Crippen LogP contribution >= 0.6 is 0 Å². The first-order chi connectivity index (χ1) is 19.1. The van der Waals surface area contributed by atoms with Crippen LogP contribution in [-0.2, 0) is 0 Å². The maximum absolute atomic E-state index is 10.2. The number of carbonyl (C=O) groups is 1. The smallest absolute Gasteiger partial charge is 1.00 e. The first kappa shape index (κ1) is 52.3. The number of rotatable bonds is 22. The molecule has 0 aromatic heterocycles. The second kappa shape index (κ2) is 37.9. The maximum Gasteiger partial charge on any atom is 1.00 e. The molecular formula is C32H64BrN2NaO7. The zero-order valence-corrected chi connectivity index (χ0v) is 31.6. The molecule has 0 radical (unpaired) electrons. The molecule has 0 aliphatic heterocycles. The second-order valence-corrected chi connectivity index (χ2v) is 11.4. The molecule has 6 N–H and O–H groups in total. The molecular weight excluding hydrogens is 627 g/mol. The van der Waals surface area contributed by atoms with Crippen molar-refractivity contribution in [3.05, 3.63) is 29.8 Å². The van der Waals surface area contributed by atoms with Gasteiger partial charge in [-0.3, -0.25) is 4.90 Å². The molecule has 0 spiro atoms. The number of hydrogen-bond acceptors (Lipinski definition) is 7. The van der Waals surface area contributed by atoms with Crippen molar-refractivity contribution in [2.45, 2.75) is 96.8 Å². The molecule has 0 bridgehead atoms. The molecule has 9 nitrogen and oxygen atoms in total. The largest absolute Gasteiger partial charge is 1.00 e. The van der Waals surface area contributed by atoms with Gasteiger partial charge in [0.05, 0.1) is 53.5 Å². The van der Waals surface area contributed by atoms with Gasteiger partial charge in [-0.05, 0) is 25.0 Å². The number of nitrogens with zero attached hydrogens (tertiary/aromatic N) is 2. The summed E-state index contributed by atoms with van der Waals surface area (Å²) in [7, 11) is 6.88. The third-order valence-electron chi connectivity index (χ3n) is 6.56. The molecule has 0 aliphatic carbocycles. The monoisotopic (exact) mass is 690 g/mol. The number of halogens is 1. The van der Waals surface area contributed by atoms with Gasteiger partial charge in [-0.25, -0.2) is 0 Å². The van der Waals surface area contributed by atoms with Gasteiger partial charge >= 0.3 is 29.6 Å². The van der Waals surface area contributed by atoms with Crippen molar-refractivity contribution in [1.82, 2.24) is 4.90 Å². The first-order valence-corrected chi connectivity index (χ1v) is 15.5. The Morgan fingerprint density at radius 3 is 1.35 bits per heavy atom. The topological polar surface area (TPSA) is 156 Å². The molecule has 0 unspecified atom stereocenters. The van der Waals surface area contributed by atoms with Gasteiger partial charge in [0.1, 0.15) is 5.75 Å². The van der Waals surface area contributed by atoms with Crippen LogP contribution in [0.3, 0.4) is 0 Å². The summed E-state index contributed by atoms with van der Waals surface area (Å²) in [6, 6.07) is 5.64. The summed E-state index contributed by atoms with van der Waals surface area (Å²) >= 11 is 0. The van der Waals surface area contributed by atoms with Gasteiger partial charge in [0.15, 0.2) is 0 Å². The van der Waals surface area contributed by atoms with Crippen LogP contribution in [0.1, 0.15) is 107 Å². The number of aromatic hydroxyl groups is 1. The Morgan fingerprint density at radius 2 is 1.07 bits per heavy atom. The van der Waals surface area contributed by atoms with Crippen molar-refractivity contribution in [3.8, 4) is 5.75 Å². The van der Waals surface area contributed by atoms with Crippen LogP contribution in [0.15, 0.2) is 24.3 Å². The van der Waals surface area contributed by atoms with E-state index >= 15 is 0 Å². The number of hydrogen-bond donors (Lipinski definition) is 4. The molecule has 1 rings (SSSR count). The number of aromatic carboxylic acids is 1. The van der Waals surface area contributed by atoms with Gasteiger partial charge in [0.2, 0.25) is 0 Å². The Balaban J connectivity index is -0.000000178. The maximum atomic E-state index is 10.2. The standard InChI is InChI=1S/C19H42N.C7H6O3.C6H15NO3.BrH.Na.H2O/c1-5-6-7-8-9-10-11-12-13-14-15-16-17-18-19-20(2,3)4;8-6-4-2-1-3-5(6)7(9)10;8-4-1-7(2-5-9)3-6-10;;;/h5-19H2,1-4H3;1-4,8H,(H,9,10);8-10H,1-6H2;1H;;1H2/q+1;;;;+1;/p-2. The summed E-state index contributed by atoms with van der Waals surface area (Å²) in [4.78, 5) is 11.9. The van der Waals surface area contributed by atoms with Crippen LogP contribution < -0.4 is 51.6 Å². The number of unbranched alkanes of at least 4 members (excludes halogenated alkanes) is 13. The summed E-state index contributed by atoms with van der Waals surface area (Å²) in [6.07, 6.45) is 20.4. The van der Waals surface area contributed by atoms with Crippen molar-refractivity contribution >= 4 is 5.97 Å². The zero-order valence-electron chi connectivity index (χ0n) is 28.0. The van der Waals surface area contributed by atoms with Crippen molar-refractivity contribution in [2.75, 3.05) is 67.1 Å². The van der Waals surface area contributed by atoms with E-state index in [1.54, 1.807) is 11.0 Å². The summed E-state index contributed by atoms with van der Waals surface area (Å²) < 4.78 is 1.12. The van der Waals surface area contributed by atoms with E-state index in [4.69, 9.17) is 20.4 Å². The van der Waals surface area contributed by atoms with E-state index in [1.807, 2.05) is 0 Å². The SMILES string of the molecule is CCCCCCCCCCCCCCCC[N+](C)(C)C.O.O=C([O-])c1ccccc1O.OCCN(CCO)CCO.[Br-].[Na+]. The van der Waals surface area contributed by atoms with Crippen LogP contribution in [0, 0.1) is 0 Å². The van der Waals surface area contributed by atoms with Crippen LogP contribution in [0.4, 0.5) is 0 Å². The fraction of sp³-hybridized carbons (Fsp3) is 0.781. The molecule has 43 heavy (non-hydrogen) atoms. The molecule has 1 aromatic rings. The van der Waals surface area contributed by atoms with Crippen molar-refractivity contribution < 1.29 is 86.8 Å². The van der Waals surface area contributed by atoms with E-state index in [0.29, 0.717) is 19.6 Å². The molecule has 0 atom stereocenters. The van der Waals surface area contributed by atoms with Gasteiger partial charge in [0, 0.05) is 25.2 Å². The minimum Gasteiger partial charge on any atom is -1.00 e. The number of aliphatic hydroxyl groups excluding tert-OH is 3. The third-order valence-corrected chi connectivity index (χ3v) is 6.56. The van der Waals surface area contributed by atoms with Gasteiger partial charge in [-0.15, -0.1) is 0 Å². The predicted molar refractivity (Wildman–Crippen MR) is 167 cm³/mol. The number of carboxylic acid groups (broad SMARTS) is 1. The molecule has 0 fully saturated rings. The first-order valence-electron chi connectivity index (χ1n) is 15.5. The Morgan fingerprint density at radius 1 is 0.721 bits per heavy atom. The van der Waals surface area contributed by atoms with Crippen LogP contribution in [0.5, 0.6) is 5.75 Å². The average Bonchev–Trinajstić information content (AvgIpc) is 2.90. The Kier molecular flexibility index (Phi) is 46.1. The third kappa shape index (κ3) is 39.7. The average molecular weight is 692 g/mol. The number of quaternary nitrogens is 1. The number of carboxylic acids is 1. The van der Waals surface area contributed by atoms with Crippen LogP contribution in [0.2, 0.25) is 0 Å². The molecule has 252 valence electrons. The van der Waals surface area contributed by atoms with Crippen LogP contribution in [0.25, 0.3) is 0 Å². The normalized spacial score (nSPS) is 10.2. The Bertz CT molecular complexity index is 684. The number of carbonyl (C=O) groups excluding carboxylic acids is 1. The van der Waals surface area contributed by atoms with Gasteiger partial charge in [-0.1, -0.05) is 96.1 Å². The predicted octanol–water partition coefficient (Wildman–Crippen LogP) is -2.62. The van der Waals surface area contributed by atoms with Gasteiger partial charge < -0.3 is 57.3 Å². The summed E-state index contributed by atoms with van der Waals surface area (Å²) in [6.45, 7) is 5.38. The number of phenols is 1. The van der Waals surface area contributed by atoms with E-state index in [1.165, 1.54) is 115 Å². The summed E-state index contributed by atoms with van der Waals surface area (Å²) in [5, 5.41) is 44.5. The molecule has 0 heterocycles. The van der Waals surface area contributed by atoms with Gasteiger partial charge in [-0.2, -0.15) is 0 Å². The minimum atomic E-state index is -1.36. The Labute approximate surface area is 295 Å². The van der Waals surface area contributed by atoms with Gasteiger partial charge in [0.25, 0.3) is 0 Å². The van der Waals surface area contributed by atoms with Crippen molar-refractivity contribution in [1.29, 1.82) is 0 Å². The summed E-state index contributed by atoms with van der Waals surface area (Å²) in [5.41, 5.74) is -0.178. The Hall–Kier alpha value is -0.270. The van der Waals surface area contributed by atoms with E-state index in [2.05, 4.69) is 28.1 Å². The number of para-hydroxylation sites is 1. The second-order valence-electron chi connectivity index (χ2n) is 11.4. The summed E-state index contributed by atoms with van der Waals surface area (Å²) in [5.74, 6) is -1.62.